The highest BCUT2D eigenvalue weighted by Gasteiger charge is 2.17. The Hall–Kier alpha value is -2.50. The van der Waals surface area contributed by atoms with Crippen LogP contribution in [0.25, 0.3) is 6.08 Å². The molecule has 106 valence electrons. The summed E-state index contributed by atoms with van der Waals surface area (Å²) in [4.78, 5) is 33.4. The van der Waals surface area contributed by atoms with Crippen LogP contribution in [0.4, 0.5) is 5.69 Å². The molecule has 0 aliphatic rings. The molecule has 0 aliphatic carbocycles. The normalized spacial score (nSPS) is 11.3. The molecule has 1 aromatic rings. The average molecular weight is 277 g/mol. The Morgan fingerprint density at radius 2 is 2.00 bits per heavy atom. The van der Waals surface area contributed by atoms with Crippen LogP contribution in [-0.4, -0.2) is 22.8 Å². The van der Waals surface area contributed by atoms with Gasteiger partial charge in [0, 0.05) is 12.1 Å². The average Bonchev–Trinajstić information content (AvgIpc) is 2.34. The van der Waals surface area contributed by atoms with Crippen LogP contribution in [0.3, 0.4) is 0 Å². The van der Waals surface area contributed by atoms with E-state index in [-0.39, 0.29) is 17.4 Å². The van der Waals surface area contributed by atoms with E-state index in [2.05, 4.69) is 0 Å². The molecule has 0 saturated heterocycles. The highest BCUT2D eigenvalue weighted by molar-refractivity contribution is 6.19. The molecule has 0 unspecified atom stereocenters. The second kappa shape index (κ2) is 6.60. The standard InChI is InChI=1S/C14H15NO5/c1-9(2)20-14(17)13(10(3)16)8-11-5-4-6-12(7-11)15(18)19/h4-9H,1-3H3/b13-8+. The van der Waals surface area contributed by atoms with Gasteiger partial charge in [-0.1, -0.05) is 12.1 Å². The van der Waals surface area contributed by atoms with E-state index < -0.39 is 16.7 Å². The molecule has 0 radical (unpaired) electrons. The zero-order valence-electron chi connectivity index (χ0n) is 11.5. The number of ether oxygens (including phenoxy) is 1. The van der Waals surface area contributed by atoms with Crippen molar-refractivity contribution in [3.63, 3.8) is 0 Å². The van der Waals surface area contributed by atoms with Gasteiger partial charge in [-0.25, -0.2) is 4.79 Å². The molecular formula is C14H15NO5. The van der Waals surface area contributed by atoms with Crippen LogP contribution >= 0.6 is 0 Å². The van der Waals surface area contributed by atoms with Crippen LogP contribution in [0.2, 0.25) is 0 Å². The number of benzene rings is 1. The van der Waals surface area contributed by atoms with Gasteiger partial charge in [0.15, 0.2) is 5.78 Å². The van der Waals surface area contributed by atoms with Crippen molar-refractivity contribution in [1.82, 2.24) is 0 Å². The maximum absolute atomic E-state index is 11.8. The van der Waals surface area contributed by atoms with Crippen molar-refractivity contribution in [3.8, 4) is 0 Å². The van der Waals surface area contributed by atoms with E-state index in [1.165, 1.54) is 31.2 Å². The lowest BCUT2D eigenvalue weighted by atomic mass is 10.1. The Labute approximate surface area is 116 Å². The lowest BCUT2D eigenvalue weighted by Crippen LogP contribution is -2.17. The van der Waals surface area contributed by atoms with Gasteiger partial charge in [0.2, 0.25) is 0 Å². The fourth-order valence-corrected chi connectivity index (χ4v) is 1.48. The number of nitro benzene ring substituents is 1. The zero-order chi connectivity index (χ0) is 15.3. The Morgan fingerprint density at radius 1 is 1.35 bits per heavy atom. The minimum Gasteiger partial charge on any atom is -0.459 e. The maximum atomic E-state index is 11.8. The predicted molar refractivity (Wildman–Crippen MR) is 73.0 cm³/mol. The van der Waals surface area contributed by atoms with Gasteiger partial charge in [-0.2, -0.15) is 0 Å². The highest BCUT2D eigenvalue weighted by Crippen LogP contribution is 2.17. The van der Waals surface area contributed by atoms with Crippen molar-refractivity contribution in [1.29, 1.82) is 0 Å². The van der Waals surface area contributed by atoms with Crippen LogP contribution < -0.4 is 0 Å². The molecule has 0 amide bonds. The van der Waals surface area contributed by atoms with Crippen LogP contribution in [0, 0.1) is 10.1 Å². The zero-order valence-corrected chi connectivity index (χ0v) is 11.5. The first-order valence-electron chi connectivity index (χ1n) is 5.99. The number of nitro groups is 1. The van der Waals surface area contributed by atoms with Gasteiger partial charge < -0.3 is 4.74 Å². The van der Waals surface area contributed by atoms with E-state index in [1.54, 1.807) is 19.9 Å². The molecule has 0 bridgehead atoms. The number of carbonyl (C=O) groups excluding carboxylic acids is 2. The van der Waals surface area contributed by atoms with E-state index in [0.717, 1.165) is 0 Å². The number of carbonyl (C=O) groups is 2. The van der Waals surface area contributed by atoms with E-state index in [4.69, 9.17) is 4.74 Å². The molecule has 1 rings (SSSR count). The molecule has 0 heterocycles. The van der Waals surface area contributed by atoms with Crippen molar-refractivity contribution in [3.05, 3.63) is 45.5 Å². The fourth-order valence-electron chi connectivity index (χ4n) is 1.48. The van der Waals surface area contributed by atoms with E-state index in [0.29, 0.717) is 5.56 Å². The van der Waals surface area contributed by atoms with Crippen molar-refractivity contribution >= 4 is 23.5 Å². The molecule has 6 nitrogen and oxygen atoms in total. The monoisotopic (exact) mass is 277 g/mol. The SMILES string of the molecule is CC(=O)/C(=C\c1cccc([N+](=O)[O-])c1)C(=O)OC(C)C. The number of Topliss-reactive ketones (excluding diaryl/α,β-unsaturated/α-hetero) is 1. The van der Waals surface area contributed by atoms with Crippen LogP contribution in [0.15, 0.2) is 29.8 Å². The fraction of sp³-hybridized carbons (Fsp3) is 0.286. The van der Waals surface area contributed by atoms with Crippen LogP contribution in [0.1, 0.15) is 26.3 Å². The van der Waals surface area contributed by atoms with E-state index in [1.807, 2.05) is 0 Å². The number of ketones is 1. The van der Waals surface area contributed by atoms with Crippen LogP contribution in [0.5, 0.6) is 0 Å². The largest absolute Gasteiger partial charge is 0.459 e. The highest BCUT2D eigenvalue weighted by atomic mass is 16.6. The summed E-state index contributed by atoms with van der Waals surface area (Å²) in [6, 6.07) is 5.66. The summed E-state index contributed by atoms with van der Waals surface area (Å²) in [5, 5.41) is 10.7. The van der Waals surface area contributed by atoms with Gasteiger partial charge in [0.25, 0.3) is 5.69 Å². The Balaban J connectivity index is 3.14. The molecule has 0 aliphatic heterocycles. The second-order valence-electron chi connectivity index (χ2n) is 4.42. The third kappa shape index (κ3) is 4.31. The molecule has 0 atom stereocenters. The Morgan fingerprint density at radius 3 is 2.50 bits per heavy atom. The number of hydrogen-bond donors (Lipinski definition) is 0. The first-order valence-corrected chi connectivity index (χ1v) is 5.99. The number of non-ortho nitro benzene ring substituents is 1. The molecular weight excluding hydrogens is 262 g/mol. The van der Waals surface area contributed by atoms with Gasteiger partial charge in [0.1, 0.15) is 5.57 Å². The summed E-state index contributed by atoms with van der Waals surface area (Å²) in [5.41, 5.74) is 0.142. The summed E-state index contributed by atoms with van der Waals surface area (Å²) in [7, 11) is 0. The van der Waals surface area contributed by atoms with Gasteiger partial charge in [-0.3, -0.25) is 14.9 Å². The smallest absolute Gasteiger partial charge is 0.342 e. The van der Waals surface area contributed by atoms with Gasteiger partial charge in [-0.15, -0.1) is 0 Å². The molecule has 6 heteroatoms. The molecule has 0 saturated carbocycles. The third-order valence-electron chi connectivity index (χ3n) is 2.33. The lowest BCUT2D eigenvalue weighted by Gasteiger charge is -2.08. The first-order chi connectivity index (χ1) is 9.31. The minimum absolute atomic E-state index is 0.112. The number of nitrogens with zero attached hydrogens (tertiary/aromatic N) is 1. The Kier molecular flexibility index (Phi) is 5.14. The van der Waals surface area contributed by atoms with Gasteiger partial charge >= 0.3 is 5.97 Å². The molecule has 0 aromatic heterocycles. The third-order valence-corrected chi connectivity index (χ3v) is 2.33. The summed E-state index contributed by atoms with van der Waals surface area (Å²) >= 11 is 0. The van der Waals surface area contributed by atoms with Gasteiger partial charge in [-0.05, 0) is 32.4 Å². The summed E-state index contributed by atoms with van der Waals surface area (Å²) in [6.07, 6.45) is 0.940. The summed E-state index contributed by atoms with van der Waals surface area (Å²) < 4.78 is 4.96. The molecule has 0 spiro atoms. The van der Waals surface area contributed by atoms with E-state index >= 15 is 0 Å². The van der Waals surface area contributed by atoms with Crippen molar-refractivity contribution in [2.75, 3.05) is 0 Å². The first kappa shape index (κ1) is 15.6. The van der Waals surface area contributed by atoms with Gasteiger partial charge in [0.05, 0.1) is 11.0 Å². The minimum atomic E-state index is -0.737. The quantitative estimate of drug-likeness (QED) is 0.206. The van der Waals surface area contributed by atoms with E-state index in [9.17, 15) is 19.7 Å². The second-order valence-corrected chi connectivity index (χ2v) is 4.42. The lowest BCUT2D eigenvalue weighted by molar-refractivity contribution is -0.384. The number of rotatable bonds is 5. The predicted octanol–water partition coefficient (Wildman–Crippen LogP) is 2.52. The van der Waals surface area contributed by atoms with Crippen molar-refractivity contribution in [2.24, 2.45) is 0 Å². The maximum Gasteiger partial charge on any atom is 0.342 e. The molecule has 0 N–H and O–H groups in total. The summed E-state index contributed by atoms with van der Waals surface area (Å²) in [6.45, 7) is 4.58. The van der Waals surface area contributed by atoms with Crippen molar-refractivity contribution in [2.45, 2.75) is 26.9 Å². The van der Waals surface area contributed by atoms with Crippen LogP contribution in [-0.2, 0) is 14.3 Å². The summed E-state index contributed by atoms with van der Waals surface area (Å²) in [5.74, 6) is -1.19. The molecule has 0 fully saturated rings. The van der Waals surface area contributed by atoms with Crippen molar-refractivity contribution < 1.29 is 19.2 Å². The number of hydrogen-bond acceptors (Lipinski definition) is 5. The topological polar surface area (TPSA) is 86.5 Å². The Bertz CT molecular complexity index is 575. The number of esters is 1. The molecule has 1 aromatic carbocycles. The molecule has 20 heavy (non-hydrogen) atoms.